The van der Waals surface area contributed by atoms with E-state index in [1.54, 1.807) is 0 Å². The van der Waals surface area contributed by atoms with Crippen LogP contribution < -0.4 is 5.32 Å². The van der Waals surface area contributed by atoms with Crippen LogP contribution in [0.3, 0.4) is 0 Å². The van der Waals surface area contributed by atoms with Crippen LogP contribution in [-0.2, 0) is 6.54 Å². The molecule has 1 aromatic heterocycles. The Morgan fingerprint density at radius 2 is 2.06 bits per heavy atom. The average molecular weight is 244 g/mol. The fourth-order valence-electron chi connectivity index (χ4n) is 1.60. The highest BCUT2D eigenvalue weighted by Crippen LogP contribution is 2.14. The number of rotatable bonds is 4. The zero-order valence-electron chi connectivity index (χ0n) is 10.5. The summed E-state index contributed by atoms with van der Waals surface area (Å²) in [7, 11) is 0. The van der Waals surface area contributed by atoms with Crippen LogP contribution in [0.15, 0.2) is 30.6 Å². The van der Waals surface area contributed by atoms with Crippen molar-refractivity contribution in [2.24, 2.45) is 0 Å². The van der Waals surface area contributed by atoms with Crippen molar-refractivity contribution in [2.45, 2.75) is 26.3 Å². The number of nitrogens with zero attached hydrogens (tertiary/aromatic N) is 2. The van der Waals surface area contributed by atoms with E-state index < -0.39 is 0 Å². The summed E-state index contributed by atoms with van der Waals surface area (Å²) in [5.41, 5.74) is 1.88. The van der Waals surface area contributed by atoms with Crippen molar-refractivity contribution >= 4 is 5.91 Å². The summed E-state index contributed by atoms with van der Waals surface area (Å²) in [5, 5.41) is 9.19. The zero-order valence-corrected chi connectivity index (χ0v) is 10.5. The molecular weight excluding hydrogens is 228 g/mol. The molecule has 0 saturated carbocycles. The first-order chi connectivity index (χ1) is 8.66. The van der Waals surface area contributed by atoms with Gasteiger partial charge in [-0.25, -0.2) is 4.98 Å². The maximum atomic E-state index is 11.8. The third-order valence-electron chi connectivity index (χ3n) is 2.72. The molecule has 0 saturated heterocycles. The molecular formula is C13H16N4O. The Labute approximate surface area is 106 Å². The second kappa shape index (κ2) is 5.44. The molecule has 5 heteroatoms. The van der Waals surface area contributed by atoms with Crippen LogP contribution in [0.1, 0.15) is 41.5 Å². The van der Waals surface area contributed by atoms with Gasteiger partial charge in [0.15, 0.2) is 0 Å². The Morgan fingerprint density at radius 3 is 2.61 bits per heavy atom. The Hall–Kier alpha value is -2.17. The molecule has 1 amide bonds. The smallest absolute Gasteiger partial charge is 0.251 e. The predicted molar refractivity (Wildman–Crippen MR) is 68.1 cm³/mol. The topological polar surface area (TPSA) is 70.7 Å². The van der Waals surface area contributed by atoms with Crippen LogP contribution >= 0.6 is 0 Å². The molecule has 0 unspecified atom stereocenters. The van der Waals surface area contributed by atoms with Gasteiger partial charge in [-0.3, -0.25) is 9.89 Å². The van der Waals surface area contributed by atoms with Gasteiger partial charge >= 0.3 is 0 Å². The Morgan fingerprint density at radius 1 is 1.33 bits per heavy atom. The molecule has 0 radical (unpaired) electrons. The standard InChI is InChI=1S/C13H16N4O/c1-9(2)10-3-5-11(6-4-10)13(18)14-7-12-15-8-16-17-12/h3-6,8-9H,7H2,1-2H3,(H,14,18)(H,15,16,17). The summed E-state index contributed by atoms with van der Waals surface area (Å²) in [5.74, 6) is 1.00. The molecule has 0 atom stereocenters. The number of aromatic nitrogens is 3. The van der Waals surface area contributed by atoms with Crippen molar-refractivity contribution in [1.82, 2.24) is 20.5 Å². The maximum absolute atomic E-state index is 11.8. The first-order valence-corrected chi connectivity index (χ1v) is 5.89. The molecule has 0 spiro atoms. The number of carbonyl (C=O) groups excluding carboxylic acids is 1. The molecule has 5 nitrogen and oxygen atoms in total. The van der Waals surface area contributed by atoms with Gasteiger partial charge in [-0.15, -0.1) is 0 Å². The summed E-state index contributed by atoms with van der Waals surface area (Å²) in [4.78, 5) is 15.8. The second-order valence-corrected chi connectivity index (χ2v) is 4.39. The van der Waals surface area contributed by atoms with Crippen molar-refractivity contribution in [3.8, 4) is 0 Å². The number of hydrogen-bond donors (Lipinski definition) is 2. The molecule has 0 bridgehead atoms. The van der Waals surface area contributed by atoms with E-state index in [9.17, 15) is 4.79 Å². The molecule has 1 aromatic carbocycles. The minimum Gasteiger partial charge on any atom is -0.345 e. The highest BCUT2D eigenvalue weighted by molar-refractivity contribution is 5.94. The van der Waals surface area contributed by atoms with Crippen LogP contribution in [0.4, 0.5) is 0 Å². The van der Waals surface area contributed by atoms with Gasteiger partial charge in [-0.05, 0) is 23.6 Å². The first-order valence-electron chi connectivity index (χ1n) is 5.89. The lowest BCUT2D eigenvalue weighted by Gasteiger charge is -2.07. The summed E-state index contributed by atoms with van der Waals surface area (Å²) >= 11 is 0. The summed E-state index contributed by atoms with van der Waals surface area (Å²) < 4.78 is 0. The van der Waals surface area contributed by atoms with Crippen LogP contribution in [0.2, 0.25) is 0 Å². The van der Waals surface area contributed by atoms with Crippen LogP contribution in [0.5, 0.6) is 0 Å². The first kappa shape index (κ1) is 12.3. The number of H-pyrrole nitrogens is 1. The number of carbonyl (C=O) groups is 1. The SMILES string of the molecule is CC(C)c1ccc(C(=O)NCc2ncn[nH]2)cc1. The van der Waals surface area contributed by atoms with Crippen molar-refractivity contribution in [3.05, 3.63) is 47.5 Å². The van der Waals surface area contributed by atoms with E-state index in [4.69, 9.17) is 0 Å². The van der Waals surface area contributed by atoms with Gasteiger partial charge in [0.1, 0.15) is 12.2 Å². The van der Waals surface area contributed by atoms with Crippen molar-refractivity contribution < 1.29 is 4.79 Å². The molecule has 2 aromatic rings. The normalized spacial score (nSPS) is 10.6. The van der Waals surface area contributed by atoms with Crippen LogP contribution in [0, 0.1) is 0 Å². The minimum atomic E-state index is -0.110. The van der Waals surface area contributed by atoms with Gasteiger partial charge in [0.2, 0.25) is 0 Å². The largest absolute Gasteiger partial charge is 0.345 e. The minimum absolute atomic E-state index is 0.110. The van der Waals surface area contributed by atoms with E-state index in [2.05, 4.69) is 34.3 Å². The lowest BCUT2D eigenvalue weighted by atomic mass is 10.0. The van der Waals surface area contributed by atoms with E-state index in [1.165, 1.54) is 11.9 Å². The predicted octanol–water partition coefficient (Wildman–Crippen LogP) is 1.86. The summed E-state index contributed by atoms with van der Waals surface area (Å²) in [6, 6.07) is 7.64. The van der Waals surface area contributed by atoms with Gasteiger partial charge in [0.25, 0.3) is 5.91 Å². The van der Waals surface area contributed by atoms with Gasteiger partial charge < -0.3 is 5.32 Å². The van der Waals surface area contributed by atoms with Gasteiger partial charge in [-0.2, -0.15) is 5.10 Å². The van der Waals surface area contributed by atoms with Gasteiger partial charge in [0, 0.05) is 5.56 Å². The van der Waals surface area contributed by atoms with E-state index in [1.807, 2.05) is 24.3 Å². The van der Waals surface area contributed by atoms with Crippen LogP contribution in [-0.4, -0.2) is 21.1 Å². The lowest BCUT2D eigenvalue weighted by molar-refractivity contribution is 0.0950. The number of nitrogens with one attached hydrogen (secondary N) is 2. The average Bonchev–Trinajstić information content (AvgIpc) is 2.89. The summed E-state index contributed by atoms with van der Waals surface area (Å²) in [6.45, 7) is 4.60. The van der Waals surface area contributed by atoms with Crippen LogP contribution in [0.25, 0.3) is 0 Å². The fraction of sp³-hybridized carbons (Fsp3) is 0.308. The fourth-order valence-corrected chi connectivity index (χ4v) is 1.60. The van der Waals surface area contributed by atoms with Gasteiger partial charge in [-0.1, -0.05) is 26.0 Å². The molecule has 18 heavy (non-hydrogen) atoms. The maximum Gasteiger partial charge on any atom is 0.251 e. The van der Waals surface area contributed by atoms with Crippen molar-refractivity contribution in [3.63, 3.8) is 0 Å². The van der Waals surface area contributed by atoms with E-state index in [-0.39, 0.29) is 5.91 Å². The second-order valence-electron chi connectivity index (χ2n) is 4.39. The lowest BCUT2D eigenvalue weighted by Crippen LogP contribution is -2.23. The molecule has 2 rings (SSSR count). The number of amides is 1. The Balaban J connectivity index is 1.96. The number of hydrogen-bond acceptors (Lipinski definition) is 3. The molecule has 1 heterocycles. The monoisotopic (exact) mass is 244 g/mol. The van der Waals surface area contributed by atoms with E-state index in [0.29, 0.717) is 23.9 Å². The quantitative estimate of drug-likeness (QED) is 0.862. The molecule has 0 fully saturated rings. The molecule has 0 aliphatic rings. The Bertz CT molecular complexity index is 502. The van der Waals surface area contributed by atoms with Gasteiger partial charge in [0.05, 0.1) is 6.54 Å². The Kier molecular flexibility index (Phi) is 3.72. The molecule has 0 aliphatic heterocycles. The molecule has 94 valence electrons. The highest BCUT2D eigenvalue weighted by atomic mass is 16.1. The molecule has 0 aliphatic carbocycles. The molecule has 2 N–H and O–H groups in total. The van der Waals surface area contributed by atoms with Crippen molar-refractivity contribution in [1.29, 1.82) is 0 Å². The number of benzene rings is 1. The number of aromatic amines is 1. The zero-order chi connectivity index (χ0) is 13.0. The summed E-state index contributed by atoms with van der Waals surface area (Å²) in [6.07, 6.45) is 1.42. The van der Waals surface area contributed by atoms with E-state index >= 15 is 0 Å². The third kappa shape index (κ3) is 2.94. The van der Waals surface area contributed by atoms with Crippen molar-refractivity contribution in [2.75, 3.05) is 0 Å². The third-order valence-corrected chi connectivity index (χ3v) is 2.72. The highest BCUT2D eigenvalue weighted by Gasteiger charge is 2.06. The van der Waals surface area contributed by atoms with E-state index in [0.717, 1.165) is 0 Å².